The molecule has 0 spiro atoms. The third kappa shape index (κ3) is 4.66. The fraction of sp³-hybridized carbons (Fsp3) is 0.929. The Bertz CT molecular complexity index is 228. The van der Waals surface area contributed by atoms with Crippen LogP contribution < -0.4 is 10.6 Å². The van der Waals surface area contributed by atoms with Crippen molar-refractivity contribution in [3.63, 3.8) is 0 Å². The second-order valence-corrected chi connectivity index (χ2v) is 5.61. The predicted octanol–water partition coefficient (Wildman–Crippen LogP) is 2.36. The van der Waals surface area contributed by atoms with E-state index >= 15 is 0 Å². The Kier molecular flexibility index (Phi) is 5.30. The van der Waals surface area contributed by atoms with Crippen LogP contribution in [0.25, 0.3) is 0 Å². The molecule has 0 aromatic rings. The first kappa shape index (κ1) is 12.9. The van der Waals surface area contributed by atoms with Crippen LogP contribution in [0.3, 0.4) is 0 Å². The molecule has 3 nitrogen and oxygen atoms in total. The number of carbonyl (C=O) groups excluding carboxylic acids is 1. The molecule has 1 saturated carbocycles. The van der Waals surface area contributed by atoms with E-state index in [-0.39, 0.29) is 5.91 Å². The number of hydrogen-bond acceptors (Lipinski definition) is 2. The third-order valence-electron chi connectivity index (χ3n) is 4.06. The average molecular weight is 238 g/mol. The van der Waals surface area contributed by atoms with Crippen LogP contribution in [0.15, 0.2) is 0 Å². The number of nitrogens with one attached hydrogen (secondary N) is 2. The average Bonchev–Trinajstić information content (AvgIpc) is 2.74. The SMILES string of the molecule is O=C(CC1CCCN1)NC1CCCCCCC1. The van der Waals surface area contributed by atoms with Crippen molar-refractivity contribution in [1.82, 2.24) is 10.6 Å². The lowest BCUT2D eigenvalue weighted by Crippen LogP contribution is -2.38. The molecule has 0 aromatic heterocycles. The number of amides is 1. The molecule has 17 heavy (non-hydrogen) atoms. The number of hydrogen-bond donors (Lipinski definition) is 2. The maximum absolute atomic E-state index is 11.9. The number of rotatable bonds is 3. The first-order valence-corrected chi connectivity index (χ1v) is 7.37. The summed E-state index contributed by atoms with van der Waals surface area (Å²) in [7, 11) is 0. The van der Waals surface area contributed by atoms with Crippen LogP contribution in [-0.4, -0.2) is 24.5 Å². The Morgan fingerprint density at radius 1 is 1.00 bits per heavy atom. The standard InChI is InChI=1S/C14H26N2O/c17-14(11-13-9-6-10-15-13)16-12-7-4-2-1-3-5-8-12/h12-13,15H,1-11H2,(H,16,17). The number of carbonyl (C=O) groups is 1. The highest BCUT2D eigenvalue weighted by molar-refractivity contribution is 5.76. The van der Waals surface area contributed by atoms with Crippen molar-refractivity contribution >= 4 is 5.91 Å². The van der Waals surface area contributed by atoms with Crippen LogP contribution in [0.4, 0.5) is 0 Å². The second-order valence-electron chi connectivity index (χ2n) is 5.61. The normalized spacial score (nSPS) is 27.4. The van der Waals surface area contributed by atoms with E-state index < -0.39 is 0 Å². The molecular weight excluding hydrogens is 212 g/mol. The molecular formula is C14H26N2O. The molecule has 1 saturated heterocycles. The van der Waals surface area contributed by atoms with Crippen LogP contribution in [0.1, 0.15) is 64.2 Å². The van der Waals surface area contributed by atoms with E-state index in [1.807, 2.05) is 0 Å². The van der Waals surface area contributed by atoms with Gasteiger partial charge in [-0.1, -0.05) is 32.1 Å². The van der Waals surface area contributed by atoms with Gasteiger partial charge in [-0.3, -0.25) is 4.79 Å². The van der Waals surface area contributed by atoms with E-state index in [2.05, 4.69) is 10.6 Å². The molecule has 1 atom stereocenters. The van der Waals surface area contributed by atoms with Crippen molar-refractivity contribution in [3.05, 3.63) is 0 Å². The largest absolute Gasteiger partial charge is 0.353 e. The molecule has 2 aliphatic rings. The highest BCUT2D eigenvalue weighted by Crippen LogP contribution is 2.17. The van der Waals surface area contributed by atoms with Crippen LogP contribution in [0.2, 0.25) is 0 Å². The summed E-state index contributed by atoms with van der Waals surface area (Å²) in [5, 5.41) is 6.62. The van der Waals surface area contributed by atoms with Gasteiger partial charge in [-0.25, -0.2) is 0 Å². The molecule has 1 unspecified atom stereocenters. The van der Waals surface area contributed by atoms with Gasteiger partial charge in [-0.05, 0) is 32.2 Å². The Morgan fingerprint density at radius 3 is 2.35 bits per heavy atom. The van der Waals surface area contributed by atoms with Crippen molar-refractivity contribution in [3.8, 4) is 0 Å². The molecule has 1 aliphatic heterocycles. The summed E-state index contributed by atoms with van der Waals surface area (Å²) in [6, 6.07) is 0.882. The molecule has 1 aliphatic carbocycles. The molecule has 2 N–H and O–H groups in total. The Hall–Kier alpha value is -0.570. The fourth-order valence-electron chi connectivity index (χ4n) is 3.04. The summed E-state index contributed by atoms with van der Waals surface area (Å²) in [4.78, 5) is 11.9. The molecule has 98 valence electrons. The van der Waals surface area contributed by atoms with E-state index in [4.69, 9.17) is 0 Å². The molecule has 2 rings (SSSR count). The minimum atomic E-state index is 0.259. The van der Waals surface area contributed by atoms with Crippen molar-refractivity contribution in [2.75, 3.05) is 6.54 Å². The van der Waals surface area contributed by atoms with Crippen molar-refractivity contribution < 1.29 is 4.79 Å². The van der Waals surface area contributed by atoms with Crippen molar-refractivity contribution in [2.45, 2.75) is 76.3 Å². The smallest absolute Gasteiger partial charge is 0.221 e. The maximum atomic E-state index is 11.9. The summed E-state index contributed by atoms with van der Waals surface area (Å²) < 4.78 is 0. The summed E-state index contributed by atoms with van der Waals surface area (Å²) in [5.74, 6) is 0.259. The monoisotopic (exact) mass is 238 g/mol. The van der Waals surface area contributed by atoms with Gasteiger partial charge in [0.2, 0.25) is 5.91 Å². The summed E-state index contributed by atoms with van der Waals surface area (Å²) in [6.07, 6.45) is 12.1. The molecule has 0 bridgehead atoms. The first-order valence-electron chi connectivity index (χ1n) is 7.37. The van der Waals surface area contributed by atoms with E-state index in [0.29, 0.717) is 18.5 Å². The van der Waals surface area contributed by atoms with Gasteiger partial charge in [0, 0.05) is 18.5 Å². The quantitative estimate of drug-likeness (QED) is 0.792. The fourth-order valence-corrected chi connectivity index (χ4v) is 3.04. The summed E-state index contributed by atoms with van der Waals surface area (Å²) in [6.45, 7) is 1.08. The molecule has 3 heteroatoms. The van der Waals surface area contributed by atoms with Gasteiger partial charge in [0.1, 0.15) is 0 Å². The Balaban J connectivity index is 1.68. The zero-order valence-electron chi connectivity index (χ0n) is 10.8. The zero-order valence-corrected chi connectivity index (χ0v) is 10.8. The van der Waals surface area contributed by atoms with Gasteiger partial charge in [-0.2, -0.15) is 0 Å². The lowest BCUT2D eigenvalue weighted by atomic mass is 9.96. The van der Waals surface area contributed by atoms with Gasteiger partial charge in [0.05, 0.1) is 0 Å². The topological polar surface area (TPSA) is 41.1 Å². The third-order valence-corrected chi connectivity index (χ3v) is 4.06. The van der Waals surface area contributed by atoms with Gasteiger partial charge in [0.15, 0.2) is 0 Å². The van der Waals surface area contributed by atoms with Crippen LogP contribution >= 0.6 is 0 Å². The summed E-state index contributed by atoms with van der Waals surface area (Å²) in [5.41, 5.74) is 0. The predicted molar refractivity (Wildman–Crippen MR) is 69.9 cm³/mol. The van der Waals surface area contributed by atoms with E-state index in [9.17, 15) is 4.79 Å². The molecule has 0 radical (unpaired) electrons. The van der Waals surface area contributed by atoms with E-state index in [0.717, 1.165) is 13.0 Å². The highest BCUT2D eigenvalue weighted by atomic mass is 16.1. The van der Waals surface area contributed by atoms with Gasteiger partial charge >= 0.3 is 0 Å². The summed E-state index contributed by atoms with van der Waals surface area (Å²) >= 11 is 0. The minimum absolute atomic E-state index is 0.259. The molecule has 2 fully saturated rings. The molecule has 0 aromatic carbocycles. The minimum Gasteiger partial charge on any atom is -0.353 e. The maximum Gasteiger partial charge on any atom is 0.221 e. The Morgan fingerprint density at radius 2 is 1.71 bits per heavy atom. The highest BCUT2D eigenvalue weighted by Gasteiger charge is 2.19. The molecule has 1 amide bonds. The first-order chi connectivity index (χ1) is 8.34. The van der Waals surface area contributed by atoms with Crippen LogP contribution in [0.5, 0.6) is 0 Å². The van der Waals surface area contributed by atoms with Gasteiger partial charge in [0.25, 0.3) is 0 Å². The lowest BCUT2D eigenvalue weighted by Gasteiger charge is -2.21. The van der Waals surface area contributed by atoms with Crippen molar-refractivity contribution in [2.24, 2.45) is 0 Å². The Labute approximate surface area is 105 Å². The van der Waals surface area contributed by atoms with E-state index in [1.54, 1.807) is 0 Å². The van der Waals surface area contributed by atoms with Crippen molar-refractivity contribution in [1.29, 1.82) is 0 Å². The van der Waals surface area contributed by atoms with Gasteiger partial charge in [-0.15, -0.1) is 0 Å². The second kappa shape index (κ2) is 7.00. The van der Waals surface area contributed by atoms with E-state index in [1.165, 1.54) is 51.4 Å². The lowest BCUT2D eigenvalue weighted by molar-refractivity contribution is -0.122. The zero-order chi connectivity index (χ0) is 11.9. The van der Waals surface area contributed by atoms with Crippen LogP contribution in [0, 0.1) is 0 Å². The molecule has 1 heterocycles. The van der Waals surface area contributed by atoms with Crippen LogP contribution in [-0.2, 0) is 4.79 Å². The van der Waals surface area contributed by atoms with Gasteiger partial charge < -0.3 is 10.6 Å².